The molecule has 3 heteroatoms. The highest BCUT2D eigenvalue weighted by molar-refractivity contribution is 6.16. The fraction of sp³-hybridized carbons (Fsp3) is 0.615. The molecule has 0 radical (unpaired) electrons. The van der Waals surface area contributed by atoms with Gasteiger partial charge in [0.05, 0.1) is 11.6 Å². The van der Waals surface area contributed by atoms with E-state index >= 15 is 0 Å². The van der Waals surface area contributed by atoms with Crippen molar-refractivity contribution in [1.82, 2.24) is 4.98 Å². The number of piperidine rings is 1. The lowest BCUT2D eigenvalue weighted by molar-refractivity contribution is 0.292. The molecule has 1 saturated heterocycles. The Morgan fingerprint density at radius 2 is 2.25 bits per heavy atom. The minimum atomic E-state index is 0.400. The third-order valence-electron chi connectivity index (χ3n) is 3.15. The molecule has 0 aliphatic carbocycles. The van der Waals surface area contributed by atoms with E-state index in [-0.39, 0.29) is 0 Å². The van der Waals surface area contributed by atoms with E-state index in [4.69, 9.17) is 11.6 Å². The van der Waals surface area contributed by atoms with Crippen molar-refractivity contribution >= 4 is 17.4 Å². The molecule has 2 nitrogen and oxygen atoms in total. The van der Waals surface area contributed by atoms with Crippen molar-refractivity contribution in [3.63, 3.8) is 0 Å². The van der Waals surface area contributed by atoms with Crippen LogP contribution in [-0.4, -0.2) is 18.1 Å². The van der Waals surface area contributed by atoms with Gasteiger partial charge >= 0.3 is 0 Å². The maximum Gasteiger partial charge on any atom is 0.128 e. The van der Waals surface area contributed by atoms with Crippen molar-refractivity contribution in [3.8, 4) is 0 Å². The Kier molecular flexibility index (Phi) is 3.38. The van der Waals surface area contributed by atoms with Gasteiger partial charge in [-0.25, -0.2) is 4.98 Å². The molecule has 0 unspecified atom stereocenters. The molecule has 0 atom stereocenters. The second-order valence-electron chi connectivity index (χ2n) is 5.31. The van der Waals surface area contributed by atoms with Crippen LogP contribution >= 0.6 is 11.6 Å². The number of hydrogen-bond acceptors (Lipinski definition) is 2. The molecule has 16 heavy (non-hydrogen) atoms. The first-order valence-electron chi connectivity index (χ1n) is 5.88. The van der Waals surface area contributed by atoms with Gasteiger partial charge in [0.15, 0.2) is 0 Å². The third kappa shape index (κ3) is 2.67. The molecule has 0 bridgehead atoms. The van der Waals surface area contributed by atoms with Crippen molar-refractivity contribution in [1.29, 1.82) is 0 Å². The van der Waals surface area contributed by atoms with Crippen LogP contribution < -0.4 is 4.90 Å². The lowest BCUT2D eigenvalue weighted by Crippen LogP contribution is -2.40. The van der Waals surface area contributed by atoms with Crippen LogP contribution in [0.2, 0.25) is 0 Å². The molecule has 88 valence electrons. The SMILES string of the molecule is CC1(C)CCCN(c2cccc(CCl)n2)C1. The molecular formula is C13H19ClN2. The molecule has 1 aromatic heterocycles. The molecule has 0 aromatic carbocycles. The van der Waals surface area contributed by atoms with E-state index in [1.807, 2.05) is 12.1 Å². The first-order valence-corrected chi connectivity index (χ1v) is 6.41. The highest BCUT2D eigenvalue weighted by Crippen LogP contribution is 2.30. The van der Waals surface area contributed by atoms with Gasteiger partial charge in [0.25, 0.3) is 0 Å². The van der Waals surface area contributed by atoms with Gasteiger partial charge in [0.2, 0.25) is 0 Å². The van der Waals surface area contributed by atoms with E-state index in [0.717, 1.165) is 24.6 Å². The number of rotatable bonds is 2. The molecule has 0 spiro atoms. The zero-order valence-corrected chi connectivity index (χ0v) is 10.8. The van der Waals surface area contributed by atoms with E-state index in [9.17, 15) is 0 Å². The summed E-state index contributed by atoms with van der Waals surface area (Å²) in [5.74, 6) is 1.57. The van der Waals surface area contributed by atoms with Gasteiger partial charge in [0.1, 0.15) is 5.82 Å². The second kappa shape index (κ2) is 4.62. The molecule has 1 aromatic rings. The van der Waals surface area contributed by atoms with Crippen molar-refractivity contribution < 1.29 is 0 Å². The van der Waals surface area contributed by atoms with Crippen LogP contribution in [0.1, 0.15) is 32.4 Å². The van der Waals surface area contributed by atoms with Crippen LogP contribution in [0, 0.1) is 5.41 Å². The standard InChI is InChI=1S/C13H19ClN2/c1-13(2)7-4-8-16(10-13)12-6-3-5-11(9-14)15-12/h3,5-6H,4,7-10H2,1-2H3. The zero-order valence-electron chi connectivity index (χ0n) is 10.0. The van der Waals surface area contributed by atoms with Crippen LogP contribution in [-0.2, 0) is 5.88 Å². The summed E-state index contributed by atoms with van der Waals surface area (Å²) in [6.45, 7) is 6.85. The van der Waals surface area contributed by atoms with Crippen LogP contribution in [0.15, 0.2) is 18.2 Å². The number of pyridine rings is 1. The Morgan fingerprint density at radius 1 is 1.44 bits per heavy atom. The number of anilines is 1. The maximum absolute atomic E-state index is 5.81. The van der Waals surface area contributed by atoms with E-state index in [0.29, 0.717) is 11.3 Å². The van der Waals surface area contributed by atoms with Gasteiger partial charge < -0.3 is 4.90 Å². The van der Waals surface area contributed by atoms with Crippen LogP contribution in [0.3, 0.4) is 0 Å². The van der Waals surface area contributed by atoms with Crippen LogP contribution in [0.25, 0.3) is 0 Å². The summed E-state index contributed by atoms with van der Waals surface area (Å²) in [6.07, 6.45) is 2.55. The number of hydrogen-bond donors (Lipinski definition) is 0. The summed E-state index contributed by atoms with van der Waals surface area (Å²) in [5, 5.41) is 0. The number of alkyl halides is 1. The van der Waals surface area contributed by atoms with E-state index in [2.05, 4.69) is 29.8 Å². The smallest absolute Gasteiger partial charge is 0.128 e. The zero-order chi connectivity index (χ0) is 11.6. The monoisotopic (exact) mass is 238 g/mol. The first kappa shape index (κ1) is 11.7. The van der Waals surface area contributed by atoms with Gasteiger partial charge in [-0.1, -0.05) is 19.9 Å². The van der Waals surface area contributed by atoms with Crippen LogP contribution in [0.4, 0.5) is 5.82 Å². The predicted molar refractivity (Wildman–Crippen MR) is 69.0 cm³/mol. The molecule has 0 amide bonds. The molecule has 2 rings (SSSR count). The Labute approximate surface area is 103 Å². The molecule has 2 heterocycles. The Balaban J connectivity index is 2.16. The lowest BCUT2D eigenvalue weighted by Gasteiger charge is -2.38. The fourth-order valence-corrected chi connectivity index (χ4v) is 2.49. The Morgan fingerprint density at radius 3 is 2.94 bits per heavy atom. The van der Waals surface area contributed by atoms with Crippen molar-refractivity contribution in [3.05, 3.63) is 23.9 Å². The second-order valence-corrected chi connectivity index (χ2v) is 5.58. The third-order valence-corrected chi connectivity index (χ3v) is 3.43. The fourth-order valence-electron chi connectivity index (χ4n) is 2.34. The van der Waals surface area contributed by atoms with Gasteiger partial charge in [-0.15, -0.1) is 11.6 Å². The number of nitrogens with zero attached hydrogens (tertiary/aromatic N) is 2. The van der Waals surface area contributed by atoms with Gasteiger partial charge in [-0.05, 0) is 30.4 Å². The molecule has 1 aliphatic rings. The van der Waals surface area contributed by atoms with Crippen molar-refractivity contribution in [2.24, 2.45) is 5.41 Å². The van der Waals surface area contributed by atoms with Crippen molar-refractivity contribution in [2.75, 3.05) is 18.0 Å². The molecule has 0 N–H and O–H groups in total. The maximum atomic E-state index is 5.81. The number of aromatic nitrogens is 1. The average Bonchev–Trinajstić information content (AvgIpc) is 2.28. The molecule has 0 saturated carbocycles. The summed E-state index contributed by atoms with van der Waals surface area (Å²) in [5.41, 5.74) is 1.36. The molecule has 1 fully saturated rings. The van der Waals surface area contributed by atoms with Gasteiger partial charge in [0, 0.05) is 13.1 Å². The number of halogens is 1. The van der Waals surface area contributed by atoms with Gasteiger partial charge in [-0.2, -0.15) is 0 Å². The van der Waals surface area contributed by atoms with Crippen LogP contribution in [0.5, 0.6) is 0 Å². The summed E-state index contributed by atoms with van der Waals surface area (Å²) in [7, 11) is 0. The highest BCUT2D eigenvalue weighted by atomic mass is 35.5. The normalized spacial score (nSPS) is 19.8. The molecular weight excluding hydrogens is 220 g/mol. The summed E-state index contributed by atoms with van der Waals surface area (Å²) in [6, 6.07) is 6.10. The minimum absolute atomic E-state index is 0.400. The quantitative estimate of drug-likeness (QED) is 0.734. The summed E-state index contributed by atoms with van der Waals surface area (Å²) in [4.78, 5) is 6.95. The van der Waals surface area contributed by atoms with Crippen molar-refractivity contribution in [2.45, 2.75) is 32.6 Å². The Bertz CT molecular complexity index is 363. The topological polar surface area (TPSA) is 16.1 Å². The highest BCUT2D eigenvalue weighted by Gasteiger charge is 2.26. The van der Waals surface area contributed by atoms with E-state index in [1.54, 1.807) is 0 Å². The first-order chi connectivity index (χ1) is 7.61. The summed E-state index contributed by atoms with van der Waals surface area (Å²) >= 11 is 5.81. The largest absolute Gasteiger partial charge is 0.356 e. The van der Waals surface area contributed by atoms with E-state index in [1.165, 1.54) is 12.8 Å². The molecule has 1 aliphatic heterocycles. The van der Waals surface area contributed by atoms with Gasteiger partial charge in [-0.3, -0.25) is 0 Å². The minimum Gasteiger partial charge on any atom is -0.356 e. The average molecular weight is 239 g/mol. The predicted octanol–water partition coefficient (Wildman–Crippen LogP) is 3.45. The lowest BCUT2D eigenvalue weighted by atomic mass is 9.84. The van der Waals surface area contributed by atoms with E-state index < -0.39 is 0 Å². The summed E-state index contributed by atoms with van der Waals surface area (Å²) < 4.78 is 0. The Hall–Kier alpha value is -0.760.